The fourth-order valence-electron chi connectivity index (χ4n) is 3.61. The molecule has 27 heavy (non-hydrogen) atoms. The van der Waals surface area contributed by atoms with Gasteiger partial charge in [-0.15, -0.1) is 0 Å². The summed E-state index contributed by atoms with van der Waals surface area (Å²) in [5, 5.41) is 12.1. The molecule has 0 unspecified atom stereocenters. The van der Waals surface area contributed by atoms with Crippen LogP contribution in [0, 0.1) is 5.41 Å². The van der Waals surface area contributed by atoms with Crippen molar-refractivity contribution >= 4 is 22.9 Å². The molecular weight excluding hydrogens is 363 g/mol. The number of para-hydroxylation sites is 2. The average Bonchev–Trinajstić information content (AvgIpc) is 3.00. The van der Waals surface area contributed by atoms with Crippen molar-refractivity contribution in [3.8, 4) is 0 Å². The first-order valence-electron chi connectivity index (χ1n) is 8.75. The molecule has 1 aromatic carbocycles. The van der Waals surface area contributed by atoms with Crippen LogP contribution in [0.15, 0.2) is 24.3 Å². The van der Waals surface area contributed by atoms with Gasteiger partial charge in [-0.3, -0.25) is 9.59 Å². The molecule has 1 aliphatic rings. The zero-order chi connectivity index (χ0) is 19.7. The summed E-state index contributed by atoms with van der Waals surface area (Å²) in [7, 11) is 0. The first-order chi connectivity index (χ1) is 12.7. The first-order valence-corrected chi connectivity index (χ1v) is 8.75. The van der Waals surface area contributed by atoms with Gasteiger partial charge in [-0.05, 0) is 25.0 Å². The molecule has 1 heterocycles. The van der Waals surface area contributed by atoms with Crippen LogP contribution in [-0.2, 0) is 22.3 Å². The second-order valence-corrected chi connectivity index (χ2v) is 6.93. The molecule has 6 nitrogen and oxygen atoms in total. The molecule has 9 heteroatoms. The summed E-state index contributed by atoms with van der Waals surface area (Å²) in [4.78, 5) is 27.6. The minimum absolute atomic E-state index is 0.0881. The van der Waals surface area contributed by atoms with Gasteiger partial charge < -0.3 is 15.0 Å². The molecule has 1 aliphatic carbocycles. The number of halogens is 3. The van der Waals surface area contributed by atoms with Crippen LogP contribution in [0.1, 0.15) is 37.9 Å². The van der Waals surface area contributed by atoms with Crippen LogP contribution >= 0.6 is 0 Å². The number of carboxylic acid groups (broad SMARTS) is 1. The van der Waals surface area contributed by atoms with Crippen LogP contribution in [0.4, 0.5) is 13.2 Å². The maximum atomic E-state index is 13.3. The highest BCUT2D eigenvalue weighted by molar-refractivity contribution is 5.82. The van der Waals surface area contributed by atoms with Crippen molar-refractivity contribution in [2.24, 2.45) is 5.41 Å². The molecule has 0 spiro atoms. The molecule has 0 saturated heterocycles. The Morgan fingerprint density at radius 2 is 1.85 bits per heavy atom. The Labute approximate surface area is 153 Å². The highest BCUT2D eigenvalue weighted by atomic mass is 19.4. The highest BCUT2D eigenvalue weighted by Gasteiger charge is 2.40. The van der Waals surface area contributed by atoms with E-state index in [1.54, 1.807) is 12.1 Å². The number of amides is 1. The maximum Gasteiger partial charge on any atom is 0.449 e. The highest BCUT2D eigenvalue weighted by Crippen LogP contribution is 2.36. The van der Waals surface area contributed by atoms with E-state index in [0.29, 0.717) is 12.8 Å². The van der Waals surface area contributed by atoms with Crippen molar-refractivity contribution in [1.82, 2.24) is 14.9 Å². The Balaban J connectivity index is 1.79. The Morgan fingerprint density at radius 3 is 2.48 bits per heavy atom. The second-order valence-electron chi connectivity index (χ2n) is 6.93. The van der Waals surface area contributed by atoms with Gasteiger partial charge >= 0.3 is 12.1 Å². The van der Waals surface area contributed by atoms with Gasteiger partial charge in [-0.1, -0.05) is 31.4 Å². The van der Waals surface area contributed by atoms with Crippen LogP contribution in [-0.4, -0.2) is 33.1 Å². The summed E-state index contributed by atoms with van der Waals surface area (Å²) >= 11 is 0. The third-order valence-corrected chi connectivity index (χ3v) is 5.10. The lowest BCUT2D eigenvalue weighted by Crippen LogP contribution is -2.45. The largest absolute Gasteiger partial charge is 0.481 e. The van der Waals surface area contributed by atoms with Crippen molar-refractivity contribution in [2.45, 2.75) is 44.8 Å². The van der Waals surface area contributed by atoms with Gasteiger partial charge in [0.05, 0.1) is 16.4 Å². The number of fused-ring (bicyclic) bond motifs is 1. The zero-order valence-corrected chi connectivity index (χ0v) is 14.6. The number of imidazole rings is 1. The molecule has 0 bridgehead atoms. The maximum absolute atomic E-state index is 13.3. The number of hydrogen-bond acceptors (Lipinski definition) is 3. The molecule has 2 N–H and O–H groups in total. The lowest BCUT2D eigenvalue weighted by molar-refractivity contribution is -0.151. The van der Waals surface area contributed by atoms with Crippen molar-refractivity contribution in [3.63, 3.8) is 0 Å². The fraction of sp³-hybridized carbons (Fsp3) is 0.500. The van der Waals surface area contributed by atoms with E-state index < -0.39 is 35.8 Å². The summed E-state index contributed by atoms with van der Waals surface area (Å²) in [5.74, 6) is -2.80. The Bertz CT molecular complexity index is 854. The number of nitrogens with one attached hydrogen (secondary N) is 1. The topological polar surface area (TPSA) is 84.2 Å². The molecule has 0 atom stereocenters. The number of nitrogens with zero attached hydrogens (tertiary/aromatic N) is 2. The summed E-state index contributed by atoms with van der Waals surface area (Å²) in [6.45, 7) is -0.666. The number of aliphatic carboxylic acids is 1. The van der Waals surface area contributed by atoms with Crippen molar-refractivity contribution in [1.29, 1.82) is 0 Å². The lowest BCUT2D eigenvalue weighted by Gasteiger charge is -2.33. The van der Waals surface area contributed by atoms with E-state index in [9.17, 15) is 27.9 Å². The van der Waals surface area contributed by atoms with Gasteiger partial charge in [0.2, 0.25) is 11.7 Å². The number of rotatable bonds is 5. The standard InChI is InChI=1S/C18H20F3N3O3/c19-18(20,21)15-23-12-6-2-3-7-13(12)24(15)10-14(25)22-11-17(16(26)27)8-4-1-5-9-17/h2-3,6-7H,1,4-5,8-11H2,(H,22,25)(H,26,27). The van der Waals surface area contributed by atoms with E-state index in [-0.39, 0.29) is 17.6 Å². The Hall–Kier alpha value is -2.58. The lowest BCUT2D eigenvalue weighted by atomic mass is 9.74. The van der Waals surface area contributed by atoms with Gasteiger partial charge in [-0.25, -0.2) is 4.98 Å². The van der Waals surface area contributed by atoms with Crippen LogP contribution in [0.5, 0.6) is 0 Å². The monoisotopic (exact) mass is 383 g/mol. The summed E-state index contributed by atoms with van der Waals surface area (Å²) in [6.07, 6.45) is -1.35. The minimum Gasteiger partial charge on any atom is -0.481 e. The summed E-state index contributed by atoms with van der Waals surface area (Å²) in [5.41, 5.74) is -0.699. The normalized spacial score (nSPS) is 17.0. The number of benzene rings is 1. The minimum atomic E-state index is -4.70. The SMILES string of the molecule is O=C(Cn1c(C(F)(F)F)nc2ccccc21)NCC1(C(=O)O)CCCCC1. The number of carboxylic acids is 1. The number of alkyl halides is 3. The molecule has 0 radical (unpaired) electrons. The third-order valence-electron chi connectivity index (χ3n) is 5.10. The number of carbonyl (C=O) groups is 2. The number of carbonyl (C=O) groups excluding carboxylic acids is 1. The van der Waals surface area contributed by atoms with E-state index in [4.69, 9.17) is 0 Å². The smallest absolute Gasteiger partial charge is 0.449 e. The second kappa shape index (κ2) is 7.21. The van der Waals surface area contributed by atoms with Gasteiger partial charge in [0.25, 0.3) is 0 Å². The molecule has 0 aliphatic heterocycles. The van der Waals surface area contributed by atoms with Crippen LogP contribution in [0.25, 0.3) is 11.0 Å². The molecule has 1 saturated carbocycles. The molecule has 1 amide bonds. The van der Waals surface area contributed by atoms with Crippen molar-refractivity contribution in [3.05, 3.63) is 30.1 Å². The van der Waals surface area contributed by atoms with E-state index >= 15 is 0 Å². The molecule has 1 aromatic heterocycles. The summed E-state index contributed by atoms with van der Waals surface area (Å²) in [6, 6.07) is 6.05. The first kappa shape index (κ1) is 19.2. The van der Waals surface area contributed by atoms with Crippen LogP contribution < -0.4 is 5.32 Å². The van der Waals surface area contributed by atoms with E-state index in [1.165, 1.54) is 12.1 Å². The van der Waals surface area contributed by atoms with Crippen LogP contribution in [0.2, 0.25) is 0 Å². The van der Waals surface area contributed by atoms with Gasteiger partial charge in [0.15, 0.2) is 0 Å². The Kier molecular flexibility index (Phi) is 5.12. The molecule has 146 valence electrons. The third kappa shape index (κ3) is 3.91. The quantitative estimate of drug-likeness (QED) is 0.831. The van der Waals surface area contributed by atoms with Crippen LogP contribution in [0.3, 0.4) is 0 Å². The van der Waals surface area contributed by atoms with E-state index in [0.717, 1.165) is 23.8 Å². The molecule has 2 aromatic rings. The predicted molar refractivity (Wildman–Crippen MR) is 90.9 cm³/mol. The molecule has 1 fully saturated rings. The number of hydrogen-bond donors (Lipinski definition) is 2. The van der Waals surface area contributed by atoms with E-state index in [1.807, 2.05) is 0 Å². The molecule has 3 rings (SSSR count). The van der Waals surface area contributed by atoms with E-state index in [2.05, 4.69) is 10.3 Å². The fourth-order valence-corrected chi connectivity index (χ4v) is 3.61. The summed E-state index contributed by atoms with van der Waals surface area (Å²) < 4.78 is 40.7. The van der Waals surface area contributed by atoms with Crippen molar-refractivity contribution < 1.29 is 27.9 Å². The average molecular weight is 383 g/mol. The zero-order valence-electron chi connectivity index (χ0n) is 14.6. The van der Waals surface area contributed by atoms with Gasteiger partial charge in [0.1, 0.15) is 6.54 Å². The predicted octanol–water partition coefficient (Wildman–Crippen LogP) is 3.21. The van der Waals surface area contributed by atoms with Gasteiger partial charge in [-0.2, -0.15) is 13.2 Å². The number of aromatic nitrogens is 2. The van der Waals surface area contributed by atoms with Crippen molar-refractivity contribution in [2.75, 3.05) is 6.54 Å². The van der Waals surface area contributed by atoms with Gasteiger partial charge in [0, 0.05) is 6.54 Å². The molecular formula is C18H20F3N3O3. The Morgan fingerprint density at radius 1 is 1.19 bits per heavy atom.